The average Bonchev–Trinajstić information content (AvgIpc) is 3.41. The zero-order valence-corrected chi connectivity index (χ0v) is 22.6. The van der Waals surface area contributed by atoms with Gasteiger partial charge < -0.3 is 9.64 Å². The number of piperidine rings is 2. The number of hydrogen-bond donors (Lipinski definition) is 0. The van der Waals surface area contributed by atoms with Crippen molar-refractivity contribution in [2.45, 2.75) is 38.3 Å². The van der Waals surface area contributed by atoms with Gasteiger partial charge in [-0.2, -0.15) is 5.10 Å². The second kappa shape index (κ2) is 11.5. The highest BCUT2D eigenvalue weighted by Gasteiger charge is 2.39. The topological polar surface area (TPSA) is 50.6 Å². The van der Waals surface area contributed by atoms with Gasteiger partial charge in [0.25, 0.3) is 0 Å². The summed E-state index contributed by atoms with van der Waals surface area (Å²) < 4.78 is 7.29. The number of nitrogens with zero attached hydrogens (tertiary/aromatic N) is 4. The molecule has 2 atom stereocenters. The minimum absolute atomic E-state index is 0.314. The van der Waals surface area contributed by atoms with Crippen LogP contribution in [0.15, 0.2) is 91.1 Å². The number of aromatic nitrogens is 2. The third kappa shape index (κ3) is 5.62. The lowest BCUT2D eigenvalue weighted by Crippen LogP contribution is -2.56. The Labute approximate surface area is 230 Å². The number of amides is 1. The van der Waals surface area contributed by atoms with E-state index in [4.69, 9.17) is 9.84 Å². The molecule has 0 unspecified atom stereocenters. The highest BCUT2D eigenvalue weighted by Crippen LogP contribution is 2.33. The summed E-state index contributed by atoms with van der Waals surface area (Å²) in [6.07, 6.45) is 5.72. The standard InChI is InChI=1S/C33H36N4O2/c1-39-30-15-12-25(13-16-30)18-21-36-31-19-20-35(22-27(31)14-17-32(36)38)23-28-24-37(29-10-6-3-7-11-29)34-33(28)26-8-4-2-5-9-26/h2-13,15-16,24,27,31H,14,17-23H2,1H3/t27-,31+/m1/s1. The minimum Gasteiger partial charge on any atom is -0.497 e. The lowest BCUT2D eigenvalue weighted by Gasteiger charge is -2.47. The van der Waals surface area contributed by atoms with Crippen LogP contribution < -0.4 is 4.74 Å². The number of ether oxygens (including phenoxy) is 1. The molecule has 0 bridgehead atoms. The molecule has 4 aromatic rings. The third-order valence-electron chi connectivity index (χ3n) is 8.28. The normalized spacial score (nSPS) is 19.6. The SMILES string of the molecule is COc1ccc(CCN2C(=O)CC[C@@H]3CN(Cc4cn(-c5ccccc5)nc4-c4ccccc4)CC[C@@H]32)cc1. The van der Waals surface area contributed by atoms with Crippen LogP contribution in [0.25, 0.3) is 16.9 Å². The van der Waals surface area contributed by atoms with Crippen molar-refractivity contribution in [1.82, 2.24) is 19.6 Å². The van der Waals surface area contributed by atoms with Crippen molar-refractivity contribution >= 4 is 5.91 Å². The van der Waals surface area contributed by atoms with E-state index >= 15 is 0 Å². The zero-order chi connectivity index (χ0) is 26.6. The fourth-order valence-corrected chi connectivity index (χ4v) is 6.22. The summed E-state index contributed by atoms with van der Waals surface area (Å²) in [6.45, 7) is 3.65. The van der Waals surface area contributed by atoms with Gasteiger partial charge in [-0.25, -0.2) is 4.68 Å². The van der Waals surface area contributed by atoms with Crippen LogP contribution in [0.4, 0.5) is 0 Å². The van der Waals surface area contributed by atoms with Crippen LogP contribution in [0.5, 0.6) is 5.75 Å². The van der Waals surface area contributed by atoms with Crippen LogP contribution in [-0.4, -0.2) is 58.3 Å². The molecule has 2 aliphatic heterocycles. The van der Waals surface area contributed by atoms with Crippen LogP contribution >= 0.6 is 0 Å². The van der Waals surface area contributed by atoms with Crippen molar-refractivity contribution in [3.8, 4) is 22.7 Å². The first-order chi connectivity index (χ1) is 19.2. The first-order valence-corrected chi connectivity index (χ1v) is 14.0. The number of carbonyl (C=O) groups excluding carboxylic acids is 1. The lowest BCUT2D eigenvalue weighted by atomic mass is 9.83. The van der Waals surface area contributed by atoms with Gasteiger partial charge in [0.15, 0.2) is 0 Å². The maximum Gasteiger partial charge on any atom is 0.222 e. The Kier molecular flexibility index (Phi) is 7.46. The van der Waals surface area contributed by atoms with Gasteiger partial charge in [-0.05, 0) is 55.0 Å². The summed E-state index contributed by atoms with van der Waals surface area (Å²) >= 11 is 0. The Morgan fingerprint density at radius 3 is 2.41 bits per heavy atom. The average molecular weight is 521 g/mol. The van der Waals surface area contributed by atoms with Gasteiger partial charge in [-0.3, -0.25) is 9.69 Å². The Morgan fingerprint density at radius 2 is 1.67 bits per heavy atom. The quantitative estimate of drug-likeness (QED) is 0.303. The van der Waals surface area contributed by atoms with Gasteiger partial charge in [0.1, 0.15) is 5.75 Å². The zero-order valence-electron chi connectivity index (χ0n) is 22.6. The second-order valence-corrected chi connectivity index (χ2v) is 10.7. The predicted octanol–water partition coefficient (Wildman–Crippen LogP) is 5.60. The van der Waals surface area contributed by atoms with Gasteiger partial charge >= 0.3 is 0 Å². The molecule has 6 rings (SSSR count). The van der Waals surface area contributed by atoms with Crippen molar-refractivity contribution in [1.29, 1.82) is 0 Å². The number of hydrogen-bond acceptors (Lipinski definition) is 4. The molecule has 39 heavy (non-hydrogen) atoms. The molecule has 1 aromatic heterocycles. The van der Waals surface area contributed by atoms with Crippen molar-refractivity contribution < 1.29 is 9.53 Å². The highest BCUT2D eigenvalue weighted by molar-refractivity contribution is 5.77. The number of methoxy groups -OCH3 is 1. The van der Waals surface area contributed by atoms with E-state index in [0.29, 0.717) is 24.3 Å². The summed E-state index contributed by atoms with van der Waals surface area (Å²) in [5.74, 6) is 1.69. The summed E-state index contributed by atoms with van der Waals surface area (Å²) in [4.78, 5) is 17.7. The van der Waals surface area contributed by atoms with Crippen molar-refractivity contribution in [3.63, 3.8) is 0 Å². The Bertz CT molecular complexity index is 1380. The number of likely N-dealkylation sites (tertiary alicyclic amines) is 2. The summed E-state index contributed by atoms with van der Waals surface area (Å²) in [6, 6.07) is 29.3. The Morgan fingerprint density at radius 1 is 0.923 bits per heavy atom. The van der Waals surface area contributed by atoms with Gasteiger partial charge in [0.05, 0.1) is 18.5 Å². The molecule has 0 N–H and O–H groups in total. The number of carbonyl (C=O) groups is 1. The highest BCUT2D eigenvalue weighted by atomic mass is 16.5. The van der Waals surface area contributed by atoms with Gasteiger partial charge in [-0.15, -0.1) is 0 Å². The molecular weight excluding hydrogens is 484 g/mol. The monoisotopic (exact) mass is 520 g/mol. The summed E-state index contributed by atoms with van der Waals surface area (Å²) in [5, 5.41) is 5.01. The van der Waals surface area contributed by atoms with Crippen molar-refractivity contribution in [2.24, 2.45) is 5.92 Å². The molecule has 6 nitrogen and oxygen atoms in total. The Balaban J connectivity index is 1.16. The summed E-state index contributed by atoms with van der Waals surface area (Å²) in [7, 11) is 1.69. The van der Waals surface area contributed by atoms with E-state index in [1.54, 1.807) is 7.11 Å². The molecule has 2 aliphatic rings. The van der Waals surface area contributed by atoms with Crippen LogP contribution in [0.3, 0.4) is 0 Å². The molecule has 1 amide bonds. The molecule has 3 aromatic carbocycles. The fourth-order valence-electron chi connectivity index (χ4n) is 6.22. The molecule has 0 radical (unpaired) electrons. The number of fused-ring (bicyclic) bond motifs is 1. The molecule has 2 saturated heterocycles. The lowest BCUT2D eigenvalue weighted by molar-refractivity contribution is -0.141. The molecule has 0 spiro atoms. The molecular formula is C33H36N4O2. The smallest absolute Gasteiger partial charge is 0.222 e. The molecule has 3 heterocycles. The minimum atomic E-state index is 0.314. The van der Waals surface area contributed by atoms with Crippen molar-refractivity contribution in [2.75, 3.05) is 26.7 Å². The first kappa shape index (κ1) is 25.4. The first-order valence-electron chi connectivity index (χ1n) is 14.0. The van der Waals surface area contributed by atoms with Gasteiger partial charge in [-0.1, -0.05) is 60.7 Å². The molecule has 0 aliphatic carbocycles. The molecule has 2 fully saturated rings. The van der Waals surface area contributed by atoms with Crippen LogP contribution in [0.2, 0.25) is 0 Å². The van der Waals surface area contributed by atoms with Crippen LogP contribution in [-0.2, 0) is 17.8 Å². The van der Waals surface area contributed by atoms with E-state index in [9.17, 15) is 4.79 Å². The fraction of sp³-hybridized carbons (Fsp3) is 0.333. The van der Waals surface area contributed by atoms with Gasteiger partial charge in [0, 0.05) is 56.0 Å². The summed E-state index contributed by atoms with van der Waals surface area (Å²) in [5.41, 5.74) is 5.74. The van der Waals surface area contributed by atoms with E-state index in [1.165, 1.54) is 11.1 Å². The largest absolute Gasteiger partial charge is 0.497 e. The number of para-hydroxylation sites is 1. The van der Waals surface area contributed by atoms with Crippen LogP contribution in [0.1, 0.15) is 30.4 Å². The number of benzene rings is 3. The van der Waals surface area contributed by atoms with Gasteiger partial charge in [0.2, 0.25) is 5.91 Å². The molecule has 200 valence electrons. The van der Waals surface area contributed by atoms with E-state index < -0.39 is 0 Å². The van der Waals surface area contributed by atoms with Crippen molar-refractivity contribution in [3.05, 3.63) is 102 Å². The van der Waals surface area contributed by atoms with E-state index in [-0.39, 0.29) is 0 Å². The van der Waals surface area contributed by atoms with Crippen LogP contribution in [0, 0.1) is 5.92 Å². The molecule has 0 saturated carbocycles. The molecule has 6 heteroatoms. The third-order valence-corrected chi connectivity index (χ3v) is 8.28. The maximum atomic E-state index is 13.0. The Hall–Kier alpha value is -3.90. The predicted molar refractivity (Wildman–Crippen MR) is 154 cm³/mol. The van der Waals surface area contributed by atoms with E-state index in [0.717, 1.165) is 68.1 Å². The maximum absolute atomic E-state index is 13.0. The number of rotatable bonds is 8. The second-order valence-electron chi connectivity index (χ2n) is 10.7. The van der Waals surface area contributed by atoms with E-state index in [2.05, 4.69) is 76.7 Å². The van der Waals surface area contributed by atoms with E-state index in [1.807, 2.05) is 28.9 Å².